The molecule has 0 spiro atoms. The number of hydrogen-bond donors (Lipinski definition) is 1. The number of alkyl halides is 1. The molecule has 0 bridgehead atoms. The summed E-state index contributed by atoms with van der Waals surface area (Å²) in [4.78, 5) is 14.7. The smallest absolute Gasteiger partial charge is 0.261 e. The second kappa shape index (κ2) is 5.45. The van der Waals surface area contributed by atoms with E-state index < -0.39 is 0 Å². The first-order chi connectivity index (χ1) is 9.22. The van der Waals surface area contributed by atoms with E-state index in [2.05, 4.69) is 11.4 Å². The Morgan fingerprint density at radius 1 is 1.26 bits per heavy atom. The van der Waals surface area contributed by atoms with Gasteiger partial charge in [-0.25, -0.2) is 0 Å². The summed E-state index contributed by atoms with van der Waals surface area (Å²) in [7, 11) is 0. The summed E-state index contributed by atoms with van der Waals surface area (Å²) in [5.74, 6) is 0.613. The fraction of sp³-hybridized carbons (Fsp3) is 0.667. The lowest BCUT2D eigenvalue weighted by atomic mass is 9.78. The molecule has 0 unspecified atom stereocenters. The lowest BCUT2D eigenvalue weighted by molar-refractivity contribution is 0.0858. The van der Waals surface area contributed by atoms with Gasteiger partial charge < -0.3 is 5.32 Å². The summed E-state index contributed by atoms with van der Waals surface area (Å²) in [5.41, 5.74) is 1.28. The first-order valence-electron chi connectivity index (χ1n) is 7.22. The number of fused-ring (bicyclic) bond motifs is 1. The van der Waals surface area contributed by atoms with Gasteiger partial charge in [0, 0.05) is 10.8 Å². The Kier molecular flexibility index (Phi) is 3.86. The van der Waals surface area contributed by atoms with Crippen LogP contribution < -0.4 is 5.32 Å². The topological polar surface area (TPSA) is 29.1 Å². The van der Waals surface area contributed by atoms with Crippen LogP contribution in [0.4, 0.5) is 0 Å². The maximum absolute atomic E-state index is 12.4. The van der Waals surface area contributed by atoms with Crippen molar-refractivity contribution in [1.82, 2.24) is 5.32 Å². The third kappa shape index (κ3) is 2.68. The van der Waals surface area contributed by atoms with Crippen molar-refractivity contribution in [2.45, 2.75) is 56.9 Å². The number of aryl methyl sites for hydroxylation is 2. The van der Waals surface area contributed by atoms with Crippen molar-refractivity contribution in [2.24, 2.45) is 0 Å². The molecule has 3 rings (SSSR count). The van der Waals surface area contributed by atoms with Crippen LogP contribution in [0.5, 0.6) is 0 Å². The Morgan fingerprint density at radius 3 is 2.74 bits per heavy atom. The minimum Gasteiger partial charge on any atom is -0.345 e. The third-order valence-corrected chi connectivity index (χ3v) is 6.16. The van der Waals surface area contributed by atoms with Crippen molar-refractivity contribution in [2.75, 3.05) is 5.88 Å². The summed E-state index contributed by atoms with van der Waals surface area (Å²) < 4.78 is 0. The molecule has 0 saturated heterocycles. The van der Waals surface area contributed by atoms with Crippen LogP contribution in [-0.4, -0.2) is 17.3 Å². The van der Waals surface area contributed by atoms with E-state index in [4.69, 9.17) is 11.6 Å². The Hall–Kier alpha value is -0.540. The summed E-state index contributed by atoms with van der Waals surface area (Å²) in [5, 5.41) is 3.16. The number of rotatable bonds is 3. The maximum atomic E-state index is 12.4. The molecule has 1 heterocycles. The monoisotopic (exact) mass is 297 g/mol. The number of halogens is 1. The zero-order valence-electron chi connectivity index (χ0n) is 11.1. The summed E-state index contributed by atoms with van der Waals surface area (Å²) in [6.45, 7) is 0. The van der Waals surface area contributed by atoms with Crippen molar-refractivity contribution in [1.29, 1.82) is 0 Å². The minimum absolute atomic E-state index is 0.0819. The molecule has 1 saturated carbocycles. The molecule has 19 heavy (non-hydrogen) atoms. The van der Waals surface area contributed by atoms with E-state index in [1.807, 2.05) is 0 Å². The molecule has 0 radical (unpaired) electrons. The van der Waals surface area contributed by atoms with Crippen molar-refractivity contribution in [3.63, 3.8) is 0 Å². The van der Waals surface area contributed by atoms with Gasteiger partial charge in [-0.05, 0) is 56.6 Å². The second-order valence-electron chi connectivity index (χ2n) is 5.84. The molecule has 2 aliphatic rings. The van der Waals surface area contributed by atoms with Crippen molar-refractivity contribution < 1.29 is 4.79 Å². The summed E-state index contributed by atoms with van der Waals surface area (Å²) >= 11 is 7.69. The van der Waals surface area contributed by atoms with Gasteiger partial charge in [0.25, 0.3) is 5.91 Å². The number of hydrogen-bond acceptors (Lipinski definition) is 2. The van der Waals surface area contributed by atoms with Crippen molar-refractivity contribution in [3.8, 4) is 0 Å². The fourth-order valence-electron chi connectivity index (χ4n) is 2.98. The van der Waals surface area contributed by atoms with E-state index in [-0.39, 0.29) is 11.4 Å². The number of carbonyl (C=O) groups excluding carboxylic acids is 1. The van der Waals surface area contributed by atoms with Crippen LogP contribution in [0.15, 0.2) is 6.07 Å². The standard InChI is InChI=1S/C15H20ClNOS/c16-10-15(7-4-8-15)17-14(18)13-9-11-5-2-1-3-6-12(11)19-13/h9H,1-8,10H2,(H,17,18). The Morgan fingerprint density at radius 2 is 2.05 bits per heavy atom. The van der Waals surface area contributed by atoms with Gasteiger partial charge in [0.15, 0.2) is 0 Å². The van der Waals surface area contributed by atoms with Gasteiger partial charge in [0.05, 0.1) is 10.4 Å². The lowest BCUT2D eigenvalue weighted by Gasteiger charge is -2.40. The predicted molar refractivity (Wildman–Crippen MR) is 80.3 cm³/mol. The van der Waals surface area contributed by atoms with E-state index >= 15 is 0 Å². The molecule has 1 N–H and O–H groups in total. The second-order valence-corrected chi connectivity index (χ2v) is 7.25. The van der Waals surface area contributed by atoms with Gasteiger partial charge in [0.1, 0.15) is 0 Å². The molecular weight excluding hydrogens is 278 g/mol. The van der Waals surface area contributed by atoms with E-state index in [1.54, 1.807) is 11.3 Å². The highest BCUT2D eigenvalue weighted by Crippen LogP contribution is 2.34. The zero-order chi connectivity index (χ0) is 13.3. The first kappa shape index (κ1) is 13.4. The highest BCUT2D eigenvalue weighted by Gasteiger charge is 2.38. The number of nitrogens with one attached hydrogen (secondary N) is 1. The Labute approximate surface area is 123 Å². The van der Waals surface area contributed by atoms with Crippen LogP contribution >= 0.6 is 22.9 Å². The van der Waals surface area contributed by atoms with Gasteiger partial charge in [-0.15, -0.1) is 22.9 Å². The number of amides is 1. The zero-order valence-corrected chi connectivity index (χ0v) is 12.7. The van der Waals surface area contributed by atoms with Crippen LogP contribution in [-0.2, 0) is 12.8 Å². The number of carbonyl (C=O) groups is 1. The maximum Gasteiger partial charge on any atom is 0.261 e. The molecule has 2 aliphatic carbocycles. The SMILES string of the molecule is O=C(NC1(CCl)CCC1)c1cc2c(s1)CCCCC2. The molecule has 1 aromatic heterocycles. The normalized spacial score (nSPS) is 21.1. The van der Waals surface area contributed by atoms with Crippen LogP contribution in [0, 0.1) is 0 Å². The largest absolute Gasteiger partial charge is 0.345 e. The Balaban J connectivity index is 1.73. The van der Waals surface area contributed by atoms with Crippen LogP contribution in [0.2, 0.25) is 0 Å². The minimum atomic E-state index is -0.125. The van der Waals surface area contributed by atoms with Crippen LogP contribution in [0.25, 0.3) is 0 Å². The molecule has 0 aliphatic heterocycles. The predicted octanol–water partition coefficient (Wildman–Crippen LogP) is 3.91. The molecule has 4 heteroatoms. The van der Waals surface area contributed by atoms with Gasteiger partial charge in [-0.1, -0.05) is 6.42 Å². The molecule has 0 atom stereocenters. The summed E-state index contributed by atoms with van der Waals surface area (Å²) in [6, 6.07) is 2.11. The average molecular weight is 298 g/mol. The van der Waals surface area contributed by atoms with Gasteiger partial charge in [-0.3, -0.25) is 4.79 Å². The van der Waals surface area contributed by atoms with Gasteiger partial charge in [-0.2, -0.15) is 0 Å². The molecule has 0 aromatic carbocycles. The molecular formula is C15H20ClNOS. The lowest BCUT2D eigenvalue weighted by Crippen LogP contribution is -2.54. The average Bonchev–Trinajstić information content (AvgIpc) is 2.65. The van der Waals surface area contributed by atoms with Gasteiger partial charge >= 0.3 is 0 Å². The van der Waals surface area contributed by atoms with E-state index in [1.165, 1.54) is 36.1 Å². The quantitative estimate of drug-likeness (QED) is 0.665. The van der Waals surface area contributed by atoms with Crippen molar-refractivity contribution in [3.05, 3.63) is 21.4 Å². The van der Waals surface area contributed by atoms with E-state index in [0.29, 0.717) is 5.88 Å². The van der Waals surface area contributed by atoms with Crippen LogP contribution in [0.1, 0.15) is 58.6 Å². The summed E-state index contributed by atoms with van der Waals surface area (Å²) in [6.07, 6.45) is 9.34. The van der Waals surface area contributed by atoms with Crippen molar-refractivity contribution >= 4 is 28.8 Å². The highest BCUT2D eigenvalue weighted by molar-refractivity contribution is 7.14. The van der Waals surface area contributed by atoms with E-state index in [9.17, 15) is 4.79 Å². The molecule has 2 nitrogen and oxygen atoms in total. The Bertz CT molecular complexity index is 449. The molecule has 1 amide bonds. The third-order valence-electron chi connectivity index (χ3n) is 4.42. The van der Waals surface area contributed by atoms with E-state index in [0.717, 1.165) is 30.6 Å². The molecule has 1 aromatic rings. The van der Waals surface area contributed by atoms with Gasteiger partial charge in [0.2, 0.25) is 0 Å². The molecule has 104 valence electrons. The number of thiophene rings is 1. The van der Waals surface area contributed by atoms with Crippen LogP contribution in [0.3, 0.4) is 0 Å². The first-order valence-corrected chi connectivity index (χ1v) is 8.58. The highest BCUT2D eigenvalue weighted by atomic mass is 35.5. The fourth-order valence-corrected chi connectivity index (χ4v) is 4.46. The molecule has 1 fully saturated rings.